The van der Waals surface area contributed by atoms with Crippen LogP contribution in [0.25, 0.3) is 0 Å². The summed E-state index contributed by atoms with van der Waals surface area (Å²) in [4.78, 5) is 3.87. The van der Waals surface area contributed by atoms with E-state index in [2.05, 4.69) is 10.3 Å². The maximum Gasteiger partial charge on any atom is 0.416 e. The molecular weight excluding hydrogens is 305 g/mol. The van der Waals surface area contributed by atoms with E-state index in [1.807, 2.05) is 19.9 Å². The molecule has 2 aromatic heterocycles. The summed E-state index contributed by atoms with van der Waals surface area (Å²) in [6.07, 6.45) is -4.46. The Morgan fingerprint density at radius 1 is 1.24 bits per heavy atom. The average molecular weight is 319 g/mol. The quantitative estimate of drug-likeness (QED) is 0.797. The molecule has 1 unspecified atom stereocenters. The van der Waals surface area contributed by atoms with E-state index in [9.17, 15) is 13.2 Å². The number of nitrogens with zero attached hydrogens (tertiary/aromatic N) is 1. The van der Waals surface area contributed by atoms with Crippen LogP contribution in [0.4, 0.5) is 19.0 Å². The molecule has 2 heterocycles. The molecule has 21 heavy (non-hydrogen) atoms. The van der Waals surface area contributed by atoms with Gasteiger partial charge >= 0.3 is 6.18 Å². The zero-order valence-corrected chi connectivity index (χ0v) is 12.4. The minimum absolute atomic E-state index is 0.0700. The number of alkyl halides is 3. The Kier molecular flexibility index (Phi) is 4.18. The molecule has 3 nitrogen and oxygen atoms in total. The van der Waals surface area contributed by atoms with Gasteiger partial charge in [-0.15, -0.1) is 0 Å². The maximum absolute atomic E-state index is 12.7. The first-order valence-electron chi connectivity index (χ1n) is 6.25. The third kappa shape index (κ3) is 3.69. The van der Waals surface area contributed by atoms with Crippen LogP contribution in [0.2, 0.25) is 5.15 Å². The van der Waals surface area contributed by atoms with Crippen LogP contribution in [-0.2, 0) is 6.18 Å². The first kappa shape index (κ1) is 15.7. The molecule has 2 aromatic rings. The monoisotopic (exact) mass is 318 g/mol. The van der Waals surface area contributed by atoms with E-state index < -0.39 is 11.7 Å². The highest BCUT2D eigenvalue weighted by molar-refractivity contribution is 6.29. The molecule has 0 aromatic carbocycles. The highest BCUT2D eigenvalue weighted by Gasteiger charge is 2.31. The number of hydrogen-bond donors (Lipinski definition) is 1. The standard InChI is InChI=1S/C14H14ClF3N2O/c1-7-4-11(9(3)21-7)8(2)19-13-6-10(14(16,17)18)5-12(15)20-13/h4-6,8H,1-3H3,(H,19,20). The van der Waals surface area contributed by atoms with Crippen molar-refractivity contribution in [2.45, 2.75) is 33.0 Å². The fourth-order valence-corrected chi connectivity index (χ4v) is 2.32. The van der Waals surface area contributed by atoms with Crippen molar-refractivity contribution in [2.24, 2.45) is 0 Å². The minimum atomic E-state index is -4.46. The summed E-state index contributed by atoms with van der Waals surface area (Å²) in [7, 11) is 0. The highest BCUT2D eigenvalue weighted by Crippen LogP contribution is 2.33. The zero-order valence-electron chi connectivity index (χ0n) is 11.7. The van der Waals surface area contributed by atoms with Gasteiger partial charge in [-0.2, -0.15) is 13.2 Å². The summed E-state index contributed by atoms with van der Waals surface area (Å²) in [5, 5.41) is 2.70. The average Bonchev–Trinajstić information content (AvgIpc) is 2.66. The molecule has 2 rings (SSSR count). The fraction of sp³-hybridized carbons (Fsp3) is 0.357. The minimum Gasteiger partial charge on any atom is -0.466 e. The number of furan rings is 1. The predicted octanol–water partition coefficient (Wildman–Crippen LogP) is 5.14. The van der Waals surface area contributed by atoms with Crippen LogP contribution in [0.15, 0.2) is 22.6 Å². The molecule has 0 spiro atoms. The summed E-state index contributed by atoms with van der Waals surface area (Å²) in [6, 6.07) is 3.31. The number of aryl methyl sites for hydroxylation is 2. The van der Waals surface area contributed by atoms with Gasteiger partial charge in [0, 0.05) is 5.56 Å². The number of hydrogen-bond acceptors (Lipinski definition) is 3. The molecule has 0 radical (unpaired) electrons. The first-order valence-corrected chi connectivity index (χ1v) is 6.63. The number of pyridine rings is 1. The van der Waals surface area contributed by atoms with Gasteiger partial charge in [-0.25, -0.2) is 4.98 Å². The number of rotatable bonds is 3. The Labute approximate surface area is 125 Å². The van der Waals surface area contributed by atoms with Gasteiger partial charge in [0.15, 0.2) is 0 Å². The maximum atomic E-state index is 12.7. The molecule has 1 atom stereocenters. The smallest absolute Gasteiger partial charge is 0.416 e. The second-order valence-electron chi connectivity index (χ2n) is 4.80. The molecule has 1 N–H and O–H groups in total. The first-order chi connectivity index (χ1) is 9.66. The third-order valence-corrected chi connectivity index (χ3v) is 3.23. The van der Waals surface area contributed by atoms with E-state index in [0.29, 0.717) is 5.76 Å². The molecule has 114 valence electrons. The Hall–Kier alpha value is -1.69. The number of anilines is 1. The summed E-state index contributed by atoms with van der Waals surface area (Å²) in [5.74, 6) is 1.53. The van der Waals surface area contributed by atoms with Crippen LogP contribution in [0.1, 0.15) is 35.6 Å². The largest absolute Gasteiger partial charge is 0.466 e. The van der Waals surface area contributed by atoms with Crippen molar-refractivity contribution in [1.29, 1.82) is 0 Å². The predicted molar refractivity (Wildman–Crippen MR) is 74.5 cm³/mol. The molecule has 7 heteroatoms. The van der Waals surface area contributed by atoms with Crippen molar-refractivity contribution in [3.05, 3.63) is 46.0 Å². The van der Waals surface area contributed by atoms with Gasteiger partial charge in [0.2, 0.25) is 0 Å². The van der Waals surface area contributed by atoms with Crippen LogP contribution in [0, 0.1) is 13.8 Å². The summed E-state index contributed by atoms with van der Waals surface area (Å²) in [6.45, 7) is 5.42. The highest BCUT2D eigenvalue weighted by atomic mass is 35.5. The van der Waals surface area contributed by atoms with Crippen LogP contribution < -0.4 is 5.32 Å². The molecule has 0 saturated heterocycles. The van der Waals surface area contributed by atoms with Crippen LogP contribution >= 0.6 is 11.6 Å². The molecule has 0 amide bonds. The van der Waals surface area contributed by atoms with E-state index in [1.165, 1.54) is 0 Å². The summed E-state index contributed by atoms with van der Waals surface area (Å²) >= 11 is 5.65. The normalized spacial score (nSPS) is 13.3. The van der Waals surface area contributed by atoms with Gasteiger partial charge in [0.1, 0.15) is 22.5 Å². The molecule has 0 aliphatic carbocycles. The number of aromatic nitrogens is 1. The van der Waals surface area contributed by atoms with E-state index in [0.717, 1.165) is 23.5 Å². The molecule has 0 bridgehead atoms. The SMILES string of the molecule is Cc1cc(C(C)Nc2cc(C(F)(F)F)cc(Cl)n2)c(C)o1. The molecular formula is C14H14ClF3N2O. The molecule has 0 aliphatic heterocycles. The van der Waals surface area contributed by atoms with Crippen molar-refractivity contribution >= 4 is 17.4 Å². The van der Waals surface area contributed by atoms with Crippen molar-refractivity contribution in [3.8, 4) is 0 Å². The fourth-order valence-electron chi connectivity index (χ4n) is 2.11. The second kappa shape index (κ2) is 5.60. The topological polar surface area (TPSA) is 38.1 Å². The van der Waals surface area contributed by atoms with Crippen molar-refractivity contribution in [3.63, 3.8) is 0 Å². The van der Waals surface area contributed by atoms with Crippen molar-refractivity contribution < 1.29 is 17.6 Å². The van der Waals surface area contributed by atoms with Crippen LogP contribution in [-0.4, -0.2) is 4.98 Å². The zero-order chi connectivity index (χ0) is 15.8. The molecule has 0 saturated carbocycles. The Morgan fingerprint density at radius 2 is 1.90 bits per heavy atom. The Morgan fingerprint density at radius 3 is 2.43 bits per heavy atom. The van der Waals surface area contributed by atoms with Gasteiger partial charge < -0.3 is 9.73 Å². The third-order valence-electron chi connectivity index (χ3n) is 3.03. The Balaban J connectivity index is 2.27. The van der Waals surface area contributed by atoms with Crippen LogP contribution in [0.5, 0.6) is 0 Å². The molecule has 0 aliphatic rings. The summed E-state index contributed by atoms with van der Waals surface area (Å²) in [5.41, 5.74) is 0.0279. The van der Waals surface area contributed by atoms with Crippen molar-refractivity contribution in [1.82, 2.24) is 4.98 Å². The number of nitrogens with one attached hydrogen (secondary N) is 1. The van der Waals surface area contributed by atoms with E-state index in [4.69, 9.17) is 16.0 Å². The van der Waals surface area contributed by atoms with Gasteiger partial charge in [-0.3, -0.25) is 0 Å². The van der Waals surface area contributed by atoms with Gasteiger partial charge in [0.05, 0.1) is 11.6 Å². The lowest BCUT2D eigenvalue weighted by atomic mass is 10.1. The lowest BCUT2D eigenvalue weighted by Gasteiger charge is -2.15. The second-order valence-corrected chi connectivity index (χ2v) is 5.18. The molecule has 0 fully saturated rings. The lowest BCUT2D eigenvalue weighted by molar-refractivity contribution is -0.137. The van der Waals surface area contributed by atoms with Gasteiger partial charge in [0.25, 0.3) is 0 Å². The lowest BCUT2D eigenvalue weighted by Crippen LogP contribution is -2.11. The van der Waals surface area contributed by atoms with Gasteiger partial charge in [-0.05, 0) is 39.0 Å². The van der Waals surface area contributed by atoms with E-state index in [-0.39, 0.29) is 17.0 Å². The van der Waals surface area contributed by atoms with Gasteiger partial charge in [-0.1, -0.05) is 11.6 Å². The Bertz CT molecular complexity index is 652. The van der Waals surface area contributed by atoms with Crippen LogP contribution in [0.3, 0.4) is 0 Å². The number of halogens is 4. The van der Waals surface area contributed by atoms with E-state index >= 15 is 0 Å². The van der Waals surface area contributed by atoms with E-state index in [1.54, 1.807) is 6.92 Å². The van der Waals surface area contributed by atoms with Crippen molar-refractivity contribution in [2.75, 3.05) is 5.32 Å². The summed E-state index contributed by atoms with van der Waals surface area (Å²) < 4.78 is 43.6.